The van der Waals surface area contributed by atoms with Gasteiger partial charge in [0.05, 0.1) is 0 Å². The second kappa shape index (κ2) is 7.42. The molecule has 4 aromatic rings. The molecule has 0 saturated carbocycles. The van der Waals surface area contributed by atoms with Gasteiger partial charge in [-0.2, -0.15) is 0 Å². The van der Waals surface area contributed by atoms with Gasteiger partial charge in [0.25, 0.3) is 0 Å². The minimum absolute atomic E-state index is 0.192. The van der Waals surface area contributed by atoms with Crippen molar-refractivity contribution in [3.63, 3.8) is 0 Å². The van der Waals surface area contributed by atoms with Crippen molar-refractivity contribution in [1.29, 1.82) is 0 Å². The van der Waals surface area contributed by atoms with Crippen molar-refractivity contribution >= 4 is 62.4 Å². The van der Waals surface area contributed by atoms with Crippen LogP contribution in [0.5, 0.6) is 0 Å². The van der Waals surface area contributed by atoms with Crippen LogP contribution in [0.1, 0.15) is 0 Å². The number of rotatable bonds is 3. The molecule has 128 valence electrons. The Morgan fingerprint density at radius 3 is 2.38 bits per heavy atom. The molecule has 1 heterocycles. The van der Waals surface area contributed by atoms with Gasteiger partial charge in [-0.05, 0) is 0 Å². The average molecular weight is 491 g/mol. The average Bonchev–Trinajstić information content (AvgIpc) is 2.65. The van der Waals surface area contributed by atoms with E-state index in [1.54, 1.807) is 12.1 Å². The van der Waals surface area contributed by atoms with Crippen LogP contribution in [0.3, 0.4) is 0 Å². The molecule has 4 rings (SSSR count). The van der Waals surface area contributed by atoms with Crippen LogP contribution < -0.4 is 14.5 Å². The summed E-state index contributed by atoms with van der Waals surface area (Å²) >= 11 is 9.49. The van der Waals surface area contributed by atoms with Crippen molar-refractivity contribution < 1.29 is 4.42 Å². The normalized spacial score (nSPS) is 11.0. The molecule has 0 fully saturated rings. The standard InChI is InChI=1S/C21H12BrClO2Se/c22-14-6-9-16(10-7-14)26-20-19(13-4-2-1-3-5-13)17-12-15(23)8-11-18(17)25-21(20)24/h1-12H. The Morgan fingerprint density at radius 1 is 0.923 bits per heavy atom. The van der Waals surface area contributed by atoms with E-state index in [2.05, 4.69) is 15.9 Å². The first-order valence-electron chi connectivity index (χ1n) is 7.87. The molecule has 5 heteroatoms. The molecular weight excluding hydrogens is 479 g/mol. The van der Waals surface area contributed by atoms with Crippen LogP contribution in [0, 0.1) is 0 Å². The molecule has 0 amide bonds. The van der Waals surface area contributed by atoms with E-state index in [0.717, 1.165) is 25.4 Å². The summed E-state index contributed by atoms with van der Waals surface area (Å²) in [7, 11) is 0. The molecule has 0 N–H and O–H groups in total. The van der Waals surface area contributed by atoms with E-state index in [4.69, 9.17) is 16.0 Å². The fraction of sp³-hybridized carbons (Fsp3) is 0. The molecule has 0 aliphatic heterocycles. The SMILES string of the molecule is O=c1oc2ccc(Cl)cc2c(-c2ccccc2)c1[Se]c1ccc(Br)cc1. The molecule has 0 spiro atoms. The van der Waals surface area contributed by atoms with Gasteiger partial charge in [-0.1, -0.05) is 0 Å². The van der Waals surface area contributed by atoms with E-state index in [0.29, 0.717) is 15.1 Å². The topological polar surface area (TPSA) is 30.2 Å². The van der Waals surface area contributed by atoms with Gasteiger partial charge in [0.2, 0.25) is 0 Å². The van der Waals surface area contributed by atoms with Crippen molar-refractivity contribution in [2.75, 3.05) is 0 Å². The maximum atomic E-state index is 12.8. The zero-order chi connectivity index (χ0) is 18.1. The van der Waals surface area contributed by atoms with Crippen LogP contribution in [0.25, 0.3) is 22.1 Å². The third-order valence-corrected chi connectivity index (χ3v) is 6.96. The Balaban J connectivity index is 2.00. The molecule has 0 atom stereocenters. The Labute approximate surface area is 170 Å². The van der Waals surface area contributed by atoms with E-state index in [9.17, 15) is 4.79 Å². The van der Waals surface area contributed by atoms with Gasteiger partial charge in [0.15, 0.2) is 0 Å². The van der Waals surface area contributed by atoms with E-state index >= 15 is 0 Å². The van der Waals surface area contributed by atoms with Crippen LogP contribution in [0.15, 0.2) is 86.5 Å². The van der Waals surface area contributed by atoms with Crippen LogP contribution in [-0.4, -0.2) is 15.0 Å². The zero-order valence-electron chi connectivity index (χ0n) is 13.4. The summed E-state index contributed by atoms with van der Waals surface area (Å²) < 4.78 is 8.41. The van der Waals surface area contributed by atoms with Gasteiger partial charge in [-0.15, -0.1) is 0 Å². The molecule has 3 aromatic carbocycles. The predicted octanol–water partition coefficient (Wildman–Crippen LogP) is 4.53. The Hall–Kier alpha value is -1.84. The molecule has 2 nitrogen and oxygen atoms in total. The molecule has 26 heavy (non-hydrogen) atoms. The van der Waals surface area contributed by atoms with E-state index in [-0.39, 0.29) is 20.6 Å². The third kappa shape index (κ3) is 3.51. The van der Waals surface area contributed by atoms with Crippen LogP contribution in [0.2, 0.25) is 5.02 Å². The van der Waals surface area contributed by atoms with Gasteiger partial charge in [0, 0.05) is 0 Å². The molecule has 0 aliphatic carbocycles. The van der Waals surface area contributed by atoms with Crippen molar-refractivity contribution in [2.24, 2.45) is 0 Å². The predicted molar refractivity (Wildman–Crippen MR) is 112 cm³/mol. The second-order valence-corrected chi connectivity index (χ2v) is 9.28. The quantitative estimate of drug-likeness (QED) is 0.312. The fourth-order valence-corrected chi connectivity index (χ4v) is 5.22. The number of hydrogen-bond donors (Lipinski definition) is 0. The first kappa shape index (κ1) is 17.6. The Morgan fingerprint density at radius 2 is 1.65 bits per heavy atom. The Bertz CT molecular complexity index is 1140. The summed E-state index contributed by atoms with van der Waals surface area (Å²) in [5, 5.41) is 1.47. The third-order valence-electron chi connectivity index (χ3n) is 3.92. The van der Waals surface area contributed by atoms with Gasteiger partial charge in [-0.3, -0.25) is 0 Å². The summed E-state index contributed by atoms with van der Waals surface area (Å²) in [6, 6.07) is 23.3. The minimum atomic E-state index is -0.290. The number of benzene rings is 3. The van der Waals surface area contributed by atoms with Gasteiger partial charge < -0.3 is 0 Å². The van der Waals surface area contributed by atoms with Crippen LogP contribution in [-0.2, 0) is 0 Å². The van der Waals surface area contributed by atoms with Crippen molar-refractivity contribution in [3.05, 3.63) is 92.7 Å². The van der Waals surface area contributed by atoms with Gasteiger partial charge in [-0.25, -0.2) is 0 Å². The van der Waals surface area contributed by atoms with E-state index in [1.807, 2.05) is 60.7 Å². The first-order valence-corrected chi connectivity index (χ1v) is 10.8. The summed E-state index contributed by atoms with van der Waals surface area (Å²) in [6.45, 7) is 0. The summed E-state index contributed by atoms with van der Waals surface area (Å²) in [4.78, 5) is 12.8. The monoisotopic (exact) mass is 490 g/mol. The molecule has 0 unspecified atom stereocenters. The molecule has 1 aromatic heterocycles. The van der Waals surface area contributed by atoms with Crippen molar-refractivity contribution in [3.8, 4) is 11.1 Å². The number of fused-ring (bicyclic) bond motifs is 1. The first-order chi connectivity index (χ1) is 12.6. The Kier molecular flexibility index (Phi) is 5.01. The van der Waals surface area contributed by atoms with E-state index < -0.39 is 0 Å². The van der Waals surface area contributed by atoms with Crippen LogP contribution >= 0.6 is 27.5 Å². The van der Waals surface area contributed by atoms with Crippen molar-refractivity contribution in [1.82, 2.24) is 0 Å². The van der Waals surface area contributed by atoms with Gasteiger partial charge in [0.1, 0.15) is 0 Å². The molecule has 0 saturated heterocycles. The molecule has 0 bridgehead atoms. The summed E-state index contributed by atoms with van der Waals surface area (Å²) in [6.07, 6.45) is 0. The summed E-state index contributed by atoms with van der Waals surface area (Å²) in [5.41, 5.74) is 2.15. The zero-order valence-corrected chi connectivity index (χ0v) is 17.5. The maximum absolute atomic E-state index is 12.8. The van der Waals surface area contributed by atoms with Crippen LogP contribution in [0.4, 0.5) is 0 Å². The van der Waals surface area contributed by atoms with Gasteiger partial charge >= 0.3 is 171 Å². The molecular formula is C21H12BrClO2Se. The summed E-state index contributed by atoms with van der Waals surface area (Å²) in [5.74, 6) is 0. The molecule has 0 radical (unpaired) electrons. The second-order valence-electron chi connectivity index (χ2n) is 5.66. The number of hydrogen-bond acceptors (Lipinski definition) is 2. The fourth-order valence-electron chi connectivity index (χ4n) is 2.76. The van der Waals surface area contributed by atoms with Crippen molar-refractivity contribution in [2.45, 2.75) is 0 Å². The van der Waals surface area contributed by atoms with E-state index in [1.165, 1.54) is 0 Å². The molecule has 0 aliphatic rings. The number of halogens is 2.